The molecule has 0 saturated heterocycles. The smallest absolute Gasteiger partial charge is 0.363 e. The summed E-state index contributed by atoms with van der Waals surface area (Å²) in [5, 5.41) is 13.8. The Morgan fingerprint density at radius 3 is 2.65 bits per heavy atom. The van der Waals surface area contributed by atoms with Crippen molar-refractivity contribution in [1.29, 1.82) is 0 Å². The number of aromatic nitrogens is 1. The zero-order valence-electron chi connectivity index (χ0n) is 9.56. The number of hydrogen-bond donors (Lipinski definition) is 2. The number of rotatable bonds is 4. The molecule has 0 atom stereocenters. The van der Waals surface area contributed by atoms with E-state index >= 15 is 0 Å². The third-order valence-electron chi connectivity index (χ3n) is 3.30. The van der Waals surface area contributed by atoms with Crippen LogP contribution in [0.1, 0.15) is 25.7 Å². The van der Waals surface area contributed by atoms with Crippen LogP contribution in [0.3, 0.4) is 0 Å². The van der Waals surface area contributed by atoms with Crippen molar-refractivity contribution in [3.8, 4) is 0 Å². The van der Waals surface area contributed by atoms with Gasteiger partial charge in [0.05, 0.1) is 5.69 Å². The molecule has 1 heterocycles. The van der Waals surface area contributed by atoms with Gasteiger partial charge in [-0.2, -0.15) is 0 Å². The van der Waals surface area contributed by atoms with Crippen molar-refractivity contribution in [1.82, 2.24) is 4.98 Å². The molecule has 0 spiro atoms. The number of pyridine rings is 1. The van der Waals surface area contributed by atoms with Gasteiger partial charge in [-0.05, 0) is 28.8 Å². The third-order valence-corrected chi connectivity index (χ3v) is 3.30. The number of hydrogen-bond acceptors (Lipinski definition) is 5. The summed E-state index contributed by atoms with van der Waals surface area (Å²) in [4.78, 5) is 13.8. The predicted octanol–water partition coefficient (Wildman–Crippen LogP) is 1.67. The monoisotopic (exact) mass is 236 g/mol. The Labute approximate surface area is 99.4 Å². The summed E-state index contributed by atoms with van der Waals surface area (Å²) in [6, 6.07) is 3.09. The second-order valence-corrected chi connectivity index (χ2v) is 4.48. The van der Waals surface area contributed by atoms with Gasteiger partial charge in [-0.15, -0.1) is 0 Å². The number of nitrogens with one attached hydrogen (secondary N) is 1. The normalized spacial score (nSPS) is 17.9. The molecule has 1 aromatic heterocycles. The van der Waals surface area contributed by atoms with Crippen molar-refractivity contribution in [3.05, 3.63) is 28.4 Å². The molecule has 92 valence electrons. The summed E-state index contributed by atoms with van der Waals surface area (Å²) in [7, 11) is 0. The molecule has 0 aromatic carbocycles. The quantitative estimate of drug-likeness (QED) is 0.612. The van der Waals surface area contributed by atoms with Gasteiger partial charge in [0.15, 0.2) is 6.20 Å². The molecule has 0 amide bonds. The molecule has 2 rings (SSSR count). The minimum atomic E-state index is -0.502. The van der Waals surface area contributed by atoms with E-state index in [1.165, 1.54) is 25.1 Å². The van der Waals surface area contributed by atoms with Crippen LogP contribution in [0.4, 0.5) is 11.5 Å². The molecule has 3 N–H and O–H groups in total. The Morgan fingerprint density at radius 1 is 1.47 bits per heavy atom. The van der Waals surface area contributed by atoms with Crippen LogP contribution in [0.15, 0.2) is 18.3 Å². The molecule has 6 heteroatoms. The highest BCUT2D eigenvalue weighted by Crippen LogP contribution is 2.32. The summed E-state index contributed by atoms with van der Waals surface area (Å²) in [5.74, 6) is -0.135. The zero-order chi connectivity index (χ0) is 12.3. The molecule has 17 heavy (non-hydrogen) atoms. The first-order valence-electron chi connectivity index (χ1n) is 5.74. The largest absolute Gasteiger partial charge is 0.375 e. The molecule has 6 nitrogen and oxygen atoms in total. The second-order valence-electron chi connectivity index (χ2n) is 4.48. The van der Waals surface area contributed by atoms with E-state index in [-0.39, 0.29) is 11.4 Å². The molecule has 1 aliphatic rings. The molecule has 1 aliphatic carbocycles. The van der Waals surface area contributed by atoms with Gasteiger partial charge in [-0.3, -0.25) is 0 Å². The lowest BCUT2D eigenvalue weighted by Crippen LogP contribution is -2.42. The minimum absolute atomic E-state index is 0.0577. The van der Waals surface area contributed by atoms with Crippen LogP contribution in [-0.2, 0) is 0 Å². The Bertz CT molecular complexity index is 398. The van der Waals surface area contributed by atoms with Crippen molar-refractivity contribution < 1.29 is 4.92 Å². The van der Waals surface area contributed by atoms with E-state index in [0.29, 0.717) is 6.54 Å². The van der Waals surface area contributed by atoms with Gasteiger partial charge in [-0.25, -0.2) is 0 Å². The van der Waals surface area contributed by atoms with Crippen LogP contribution in [0.25, 0.3) is 0 Å². The van der Waals surface area contributed by atoms with Crippen LogP contribution >= 0.6 is 0 Å². The summed E-state index contributed by atoms with van der Waals surface area (Å²) >= 11 is 0. The Balaban J connectivity index is 2.10. The maximum atomic E-state index is 10.5. The highest BCUT2D eigenvalue weighted by molar-refractivity contribution is 5.46. The van der Waals surface area contributed by atoms with E-state index in [2.05, 4.69) is 10.3 Å². The van der Waals surface area contributed by atoms with Crippen LogP contribution in [-0.4, -0.2) is 22.0 Å². The van der Waals surface area contributed by atoms with Crippen molar-refractivity contribution in [2.45, 2.75) is 31.2 Å². The van der Waals surface area contributed by atoms with Gasteiger partial charge in [0.1, 0.15) is 0 Å². The van der Waals surface area contributed by atoms with E-state index in [1.807, 2.05) is 0 Å². The second kappa shape index (κ2) is 4.67. The van der Waals surface area contributed by atoms with E-state index in [0.717, 1.165) is 18.5 Å². The fraction of sp³-hybridized carbons (Fsp3) is 0.545. The summed E-state index contributed by atoms with van der Waals surface area (Å²) in [6.07, 6.45) is 5.92. The lowest BCUT2D eigenvalue weighted by atomic mass is 9.97. The highest BCUT2D eigenvalue weighted by Gasteiger charge is 2.32. The standard InChI is InChI=1S/C11H16N4O2/c12-8-11(5-1-2-6-11)14-9-3-4-10(13-7-9)15(16)17/h3-4,7,14H,1-2,5-6,8,12H2. The molecule has 1 aromatic rings. The average Bonchev–Trinajstić information content (AvgIpc) is 2.79. The van der Waals surface area contributed by atoms with Gasteiger partial charge in [0.25, 0.3) is 0 Å². The molecular formula is C11H16N4O2. The van der Waals surface area contributed by atoms with Crippen LogP contribution in [0.5, 0.6) is 0 Å². The van der Waals surface area contributed by atoms with Gasteiger partial charge in [0, 0.05) is 18.2 Å². The summed E-state index contributed by atoms with van der Waals surface area (Å²) < 4.78 is 0. The van der Waals surface area contributed by atoms with Crippen molar-refractivity contribution in [3.63, 3.8) is 0 Å². The van der Waals surface area contributed by atoms with Crippen molar-refractivity contribution in [2.24, 2.45) is 5.73 Å². The van der Waals surface area contributed by atoms with Crippen molar-refractivity contribution in [2.75, 3.05) is 11.9 Å². The highest BCUT2D eigenvalue weighted by atomic mass is 16.6. The van der Waals surface area contributed by atoms with E-state index in [1.54, 1.807) is 6.07 Å². The number of anilines is 1. The first-order valence-corrected chi connectivity index (χ1v) is 5.74. The maximum Gasteiger partial charge on any atom is 0.363 e. The first-order chi connectivity index (χ1) is 8.15. The molecular weight excluding hydrogens is 220 g/mol. The summed E-state index contributed by atoms with van der Waals surface area (Å²) in [6.45, 7) is 0.573. The number of nitrogens with two attached hydrogens (primary N) is 1. The maximum absolute atomic E-state index is 10.5. The minimum Gasteiger partial charge on any atom is -0.375 e. The fourth-order valence-corrected chi connectivity index (χ4v) is 2.31. The number of nitrogens with zero attached hydrogens (tertiary/aromatic N) is 2. The Hall–Kier alpha value is -1.69. The summed E-state index contributed by atoms with van der Waals surface area (Å²) in [5.41, 5.74) is 6.54. The Kier molecular flexibility index (Phi) is 3.23. The third kappa shape index (κ3) is 2.52. The predicted molar refractivity (Wildman–Crippen MR) is 64.8 cm³/mol. The first kappa shape index (κ1) is 11.8. The lowest BCUT2D eigenvalue weighted by Gasteiger charge is -2.29. The van der Waals surface area contributed by atoms with Gasteiger partial charge in [0.2, 0.25) is 0 Å². The van der Waals surface area contributed by atoms with E-state index < -0.39 is 4.92 Å². The molecule has 0 bridgehead atoms. The van der Waals surface area contributed by atoms with Gasteiger partial charge >= 0.3 is 5.82 Å². The van der Waals surface area contributed by atoms with Crippen molar-refractivity contribution >= 4 is 11.5 Å². The lowest BCUT2D eigenvalue weighted by molar-refractivity contribution is -0.389. The zero-order valence-corrected chi connectivity index (χ0v) is 9.56. The number of nitro groups is 1. The topological polar surface area (TPSA) is 94.1 Å². The molecule has 1 saturated carbocycles. The van der Waals surface area contributed by atoms with Crippen LogP contribution < -0.4 is 11.1 Å². The van der Waals surface area contributed by atoms with E-state index in [4.69, 9.17) is 5.73 Å². The van der Waals surface area contributed by atoms with E-state index in [9.17, 15) is 10.1 Å². The fourth-order valence-electron chi connectivity index (χ4n) is 2.31. The van der Waals surface area contributed by atoms with Crippen LogP contribution in [0, 0.1) is 10.1 Å². The SMILES string of the molecule is NCC1(Nc2ccc([N+](=O)[O-])nc2)CCCC1. The molecule has 0 aliphatic heterocycles. The molecule has 0 radical (unpaired) electrons. The Morgan fingerprint density at radius 2 is 2.18 bits per heavy atom. The molecule has 0 unspecified atom stereocenters. The molecule has 1 fully saturated rings. The van der Waals surface area contributed by atoms with Gasteiger partial charge in [-0.1, -0.05) is 12.8 Å². The van der Waals surface area contributed by atoms with Gasteiger partial charge < -0.3 is 21.2 Å². The average molecular weight is 236 g/mol. The van der Waals surface area contributed by atoms with Crippen LogP contribution in [0.2, 0.25) is 0 Å².